The molecule has 0 saturated carbocycles. The SMILES string of the molecule is C=C1NC(=O)[C@](NC(=O)c2ccncc2)(C(F)(F)F)[C@H]1C#N. The first-order valence-corrected chi connectivity index (χ1v) is 5.93. The lowest BCUT2D eigenvalue weighted by molar-refractivity contribution is -0.197. The fraction of sp³-hybridized carbons (Fsp3) is 0.231. The van der Waals surface area contributed by atoms with Crippen molar-refractivity contribution in [3.8, 4) is 6.07 Å². The number of alkyl halides is 3. The second-order valence-electron chi connectivity index (χ2n) is 4.54. The Morgan fingerprint density at radius 1 is 1.45 bits per heavy atom. The average molecular weight is 310 g/mol. The van der Waals surface area contributed by atoms with Gasteiger partial charge in [0.1, 0.15) is 5.92 Å². The van der Waals surface area contributed by atoms with Gasteiger partial charge in [0.05, 0.1) is 6.07 Å². The molecule has 22 heavy (non-hydrogen) atoms. The number of hydrogen-bond acceptors (Lipinski definition) is 4. The van der Waals surface area contributed by atoms with Crippen LogP contribution in [0.3, 0.4) is 0 Å². The van der Waals surface area contributed by atoms with E-state index >= 15 is 0 Å². The lowest BCUT2D eigenvalue weighted by Gasteiger charge is -2.32. The van der Waals surface area contributed by atoms with Crippen LogP contribution in [0.5, 0.6) is 0 Å². The van der Waals surface area contributed by atoms with Crippen molar-refractivity contribution >= 4 is 11.8 Å². The highest BCUT2D eigenvalue weighted by atomic mass is 19.4. The molecule has 1 aromatic heterocycles. The number of nitriles is 1. The smallest absolute Gasteiger partial charge is 0.329 e. The zero-order chi connectivity index (χ0) is 16.5. The van der Waals surface area contributed by atoms with Gasteiger partial charge in [-0.25, -0.2) is 0 Å². The molecule has 1 saturated heterocycles. The molecule has 6 nitrogen and oxygen atoms in total. The van der Waals surface area contributed by atoms with Crippen molar-refractivity contribution in [3.05, 3.63) is 42.4 Å². The number of carbonyl (C=O) groups is 2. The van der Waals surface area contributed by atoms with Crippen molar-refractivity contribution in [3.63, 3.8) is 0 Å². The summed E-state index contributed by atoms with van der Waals surface area (Å²) in [5.74, 6) is -4.66. The minimum atomic E-state index is -5.18. The van der Waals surface area contributed by atoms with E-state index in [-0.39, 0.29) is 5.56 Å². The first kappa shape index (κ1) is 15.5. The van der Waals surface area contributed by atoms with Crippen LogP contribution in [0.1, 0.15) is 10.4 Å². The van der Waals surface area contributed by atoms with Gasteiger partial charge in [0.25, 0.3) is 11.8 Å². The fourth-order valence-corrected chi connectivity index (χ4v) is 2.13. The quantitative estimate of drug-likeness (QED) is 0.848. The van der Waals surface area contributed by atoms with Gasteiger partial charge in [-0.15, -0.1) is 0 Å². The summed E-state index contributed by atoms with van der Waals surface area (Å²) in [7, 11) is 0. The van der Waals surface area contributed by atoms with Crippen LogP contribution in [0.2, 0.25) is 0 Å². The summed E-state index contributed by atoms with van der Waals surface area (Å²) in [5.41, 5.74) is -3.92. The largest absolute Gasteiger partial charge is 0.422 e. The molecule has 1 aliphatic heterocycles. The van der Waals surface area contributed by atoms with Crippen LogP contribution < -0.4 is 10.6 Å². The Bertz CT molecular complexity index is 681. The number of aromatic nitrogens is 1. The summed E-state index contributed by atoms with van der Waals surface area (Å²) < 4.78 is 40.4. The van der Waals surface area contributed by atoms with Crippen LogP contribution in [0.25, 0.3) is 0 Å². The molecule has 0 unspecified atom stereocenters. The predicted octanol–water partition coefficient (Wildman–Crippen LogP) is 0.896. The van der Waals surface area contributed by atoms with Gasteiger partial charge in [-0.1, -0.05) is 6.58 Å². The van der Waals surface area contributed by atoms with E-state index in [9.17, 15) is 22.8 Å². The lowest BCUT2D eigenvalue weighted by Crippen LogP contribution is -2.66. The lowest BCUT2D eigenvalue weighted by atomic mass is 9.84. The maximum absolute atomic E-state index is 13.5. The van der Waals surface area contributed by atoms with Crippen LogP contribution in [0.15, 0.2) is 36.8 Å². The maximum Gasteiger partial charge on any atom is 0.422 e. The summed E-state index contributed by atoms with van der Waals surface area (Å²) in [6.45, 7) is 3.23. The van der Waals surface area contributed by atoms with Gasteiger partial charge in [-0.3, -0.25) is 14.6 Å². The van der Waals surface area contributed by atoms with Crippen molar-refractivity contribution in [1.29, 1.82) is 5.26 Å². The van der Waals surface area contributed by atoms with Crippen LogP contribution in [-0.4, -0.2) is 28.5 Å². The third-order valence-electron chi connectivity index (χ3n) is 3.24. The van der Waals surface area contributed by atoms with Gasteiger partial charge in [0, 0.05) is 23.7 Å². The number of pyridine rings is 1. The Balaban J connectivity index is 2.49. The fourth-order valence-electron chi connectivity index (χ4n) is 2.13. The van der Waals surface area contributed by atoms with Crippen molar-refractivity contribution < 1.29 is 22.8 Å². The Kier molecular flexibility index (Phi) is 3.62. The van der Waals surface area contributed by atoms with E-state index in [1.165, 1.54) is 30.6 Å². The summed E-state index contributed by atoms with van der Waals surface area (Å²) in [6, 6.07) is 3.73. The zero-order valence-corrected chi connectivity index (χ0v) is 10.9. The average Bonchev–Trinajstić information content (AvgIpc) is 2.70. The molecule has 2 rings (SSSR count). The molecule has 2 N–H and O–H groups in total. The number of amides is 2. The number of hydrogen-bond donors (Lipinski definition) is 2. The van der Waals surface area contributed by atoms with Crippen molar-refractivity contribution in [2.75, 3.05) is 0 Å². The van der Waals surface area contributed by atoms with Gasteiger partial charge in [-0.05, 0) is 12.1 Å². The summed E-state index contributed by atoms with van der Waals surface area (Å²) in [6.07, 6.45) is -2.76. The van der Waals surface area contributed by atoms with Crippen LogP contribution in [-0.2, 0) is 4.79 Å². The van der Waals surface area contributed by atoms with E-state index in [2.05, 4.69) is 11.6 Å². The second kappa shape index (κ2) is 5.14. The first-order valence-electron chi connectivity index (χ1n) is 5.93. The second-order valence-corrected chi connectivity index (χ2v) is 4.54. The van der Waals surface area contributed by atoms with E-state index in [1.807, 2.05) is 5.32 Å². The molecule has 1 aromatic rings. The highest BCUT2D eigenvalue weighted by molar-refractivity contribution is 6.02. The molecule has 2 heterocycles. The standard InChI is InChI=1S/C13H9F3N4O2/c1-7-9(6-17)12(11(22)19-7,13(14,15)16)20-10(21)8-2-4-18-5-3-8/h2-5,9H,1H2,(H,19,22)(H,20,21)/t9-,12-/m0/s1. The van der Waals surface area contributed by atoms with Crippen molar-refractivity contribution in [2.24, 2.45) is 5.92 Å². The molecular weight excluding hydrogens is 301 g/mol. The predicted molar refractivity (Wildman–Crippen MR) is 66.9 cm³/mol. The molecule has 0 spiro atoms. The summed E-state index contributed by atoms with van der Waals surface area (Å²) in [4.78, 5) is 27.5. The number of nitrogens with zero attached hydrogens (tertiary/aromatic N) is 2. The molecule has 0 bridgehead atoms. The van der Waals surface area contributed by atoms with E-state index in [0.29, 0.717) is 0 Å². The third kappa shape index (κ3) is 2.18. The van der Waals surface area contributed by atoms with E-state index < -0.39 is 35.1 Å². The Hall–Kier alpha value is -2.89. The molecule has 2 atom stereocenters. The molecule has 0 aromatic carbocycles. The van der Waals surface area contributed by atoms with Gasteiger partial charge in [-0.2, -0.15) is 18.4 Å². The van der Waals surface area contributed by atoms with Crippen molar-refractivity contribution in [2.45, 2.75) is 11.7 Å². The monoisotopic (exact) mass is 310 g/mol. The first-order chi connectivity index (χ1) is 10.2. The number of carbonyl (C=O) groups excluding carboxylic acids is 2. The Morgan fingerprint density at radius 3 is 2.55 bits per heavy atom. The minimum Gasteiger partial charge on any atom is -0.329 e. The van der Waals surface area contributed by atoms with Crippen molar-refractivity contribution in [1.82, 2.24) is 15.6 Å². The molecule has 1 aliphatic rings. The Morgan fingerprint density at radius 2 is 2.05 bits per heavy atom. The molecule has 2 amide bonds. The summed E-state index contributed by atoms with van der Waals surface area (Å²) >= 11 is 0. The van der Waals surface area contributed by atoms with Crippen LogP contribution in [0, 0.1) is 17.2 Å². The number of nitrogens with one attached hydrogen (secondary N) is 2. The van der Waals surface area contributed by atoms with E-state index in [4.69, 9.17) is 5.26 Å². The molecule has 0 aliphatic carbocycles. The highest BCUT2D eigenvalue weighted by Gasteiger charge is 2.70. The topological polar surface area (TPSA) is 94.9 Å². The van der Waals surface area contributed by atoms with Crippen LogP contribution in [0.4, 0.5) is 13.2 Å². The third-order valence-corrected chi connectivity index (χ3v) is 3.24. The normalized spacial score (nSPS) is 24.5. The zero-order valence-electron chi connectivity index (χ0n) is 10.9. The van der Waals surface area contributed by atoms with Gasteiger partial charge < -0.3 is 10.6 Å². The Labute approximate surface area is 122 Å². The maximum atomic E-state index is 13.5. The van der Waals surface area contributed by atoms with Gasteiger partial charge in [0.2, 0.25) is 5.54 Å². The van der Waals surface area contributed by atoms with Gasteiger partial charge in [0.15, 0.2) is 0 Å². The van der Waals surface area contributed by atoms with Gasteiger partial charge >= 0.3 is 6.18 Å². The highest BCUT2D eigenvalue weighted by Crippen LogP contribution is 2.42. The molecule has 1 fully saturated rings. The summed E-state index contributed by atoms with van der Waals surface area (Å²) in [5, 5.41) is 12.5. The molecule has 9 heteroatoms. The molecule has 114 valence electrons. The van der Waals surface area contributed by atoms with Crippen LogP contribution >= 0.6 is 0 Å². The van der Waals surface area contributed by atoms with E-state index in [1.54, 1.807) is 5.32 Å². The molecule has 0 radical (unpaired) electrons. The molecular formula is C13H9F3N4O2. The number of rotatable bonds is 2. The number of halogens is 3. The van der Waals surface area contributed by atoms with E-state index in [0.717, 1.165) is 0 Å². The minimum absolute atomic E-state index is 0.124.